The Morgan fingerprint density at radius 1 is 1.17 bits per heavy atom. The van der Waals surface area contributed by atoms with Crippen molar-refractivity contribution >= 4 is 23.4 Å². The summed E-state index contributed by atoms with van der Waals surface area (Å²) in [5, 5.41) is 5.36. The number of rotatable bonds is 2. The van der Waals surface area contributed by atoms with E-state index in [1.807, 2.05) is 33.8 Å². The van der Waals surface area contributed by atoms with E-state index in [9.17, 15) is 4.79 Å². The number of aromatic nitrogens is 2. The van der Waals surface area contributed by atoms with Gasteiger partial charge in [-0.25, -0.2) is 4.68 Å². The van der Waals surface area contributed by atoms with Gasteiger partial charge in [-0.3, -0.25) is 4.79 Å². The van der Waals surface area contributed by atoms with Crippen molar-refractivity contribution in [3.8, 4) is 5.75 Å². The van der Waals surface area contributed by atoms with Crippen LogP contribution in [0, 0.1) is 0 Å². The van der Waals surface area contributed by atoms with Crippen LogP contribution in [0.4, 0.5) is 0 Å². The summed E-state index contributed by atoms with van der Waals surface area (Å²) in [6.07, 6.45) is 1.66. The topological polar surface area (TPSA) is 62.6 Å². The summed E-state index contributed by atoms with van der Waals surface area (Å²) >= 11 is 0. The molecule has 2 aromatic rings. The molecule has 3 rings (SSSR count). The quantitative estimate of drug-likeness (QED) is 0.780. The average molecular weight is 316 g/mol. The van der Waals surface area contributed by atoms with E-state index in [-0.39, 0.29) is 5.56 Å². The van der Waals surface area contributed by atoms with Gasteiger partial charge in [0.1, 0.15) is 5.75 Å². The van der Waals surface area contributed by atoms with E-state index in [1.54, 1.807) is 26.4 Å². The fraction of sp³-hybridized carbons (Fsp3) is 0.500. The second-order valence-corrected chi connectivity index (χ2v) is 6.84. The first-order valence-electron chi connectivity index (χ1n) is 7.56. The van der Waals surface area contributed by atoms with Crippen molar-refractivity contribution in [2.24, 2.45) is 7.05 Å². The predicted molar refractivity (Wildman–Crippen MR) is 89.3 cm³/mol. The molecule has 1 saturated heterocycles. The molecule has 122 valence electrons. The molecule has 7 heteroatoms. The highest BCUT2D eigenvalue weighted by molar-refractivity contribution is 6.63. The van der Waals surface area contributed by atoms with Crippen LogP contribution >= 0.6 is 0 Å². The second-order valence-electron chi connectivity index (χ2n) is 6.84. The fourth-order valence-electron chi connectivity index (χ4n) is 2.61. The smallest absolute Gasteiger partial charge is 0.497 e. The largest absolute Gasteiger partial charge is 0.498 e. The third-order valence-corrected chi connectivity index (χ3v) is 4.80. The molecule has 1 fully saturated rings. The first-order chi connectivity index (χ1) is 10.7. The summed E-state index contributed by atoms with van der Waals surface area (Å²) in [6, 6.07) is 3.57. The molecular weight excluding hydrogens is 295 g/mol. The van der Waals surface area contributed by atoms with Gasteiger partial charge in [-0.1, -0.05) is 0 Å². The first kappa shape index (κ1) is 16.0. The minimum Gasteiger partial charge on any atom is -0.497 e. The minimum absolute atomic E-state index is 0.165. The summed E-state index contributed by atoms with van der Waals surface area (Å²) in [6.45, 7) is 7.99. The standard InChI is InChI=1S/C16H21BN2O4/c1-15(2)16(3,4)23-17(22-15)12-7-10-9-18-19(5)14(20)11(10)8-13(12)21-6/h7-9H,1-6H3. The van der Waals surface area contributed by atoms with Gasteiger partial charge in [0.05, 0.1) is 29.9 Å². The van der Waals surface area contributed by atoms with Gasteiger partial charge in [0.15, 0.2) is 0 Å². The number of hydrogen-bond acceptors (Lipinski definition) is 5. The van der Waals surface area contributed by atoms with Gasteiger partial charge < -0.3 is 14.0 Å². The molecule has 1 aromatic heterocycles. The van der Waals surface area contributed by atoms with Crippen LogP contribution in [0.3, 0.4) is 0 Å². The third kappa shape index (κ3) is 2.44. The zero-order valence-corrected chi connectivity index (χ0v) is 14.3. The third-order valence-electron chi connectivity index (χ3n) is 4.80. The van der Waals surface area contributed by atoms with Gasteiger partial charge >= 0.3 is 7.12 Å². The minimum atomic E-state index is -0.552. The summed E-state index contributed by atoms with van der Waals surface area (Å²) in [7, 11) is 2.64. The SMILES string of the molecule is COc1cc2c(=O)n(C)ncc2cc1B1OC(C)(C)C(C)(C)O1. The van der Waals surface area contributed by atoms with Crippen LogP contribution in [0.15, 0.2) is 23.1 Å². The molecule has 1 aromatic carbocycles. The number of nitrogens with zero attached hydrogens (tertiary/aromatic N) is 2. The van der Waals surface area contributed by atoms with Crippen molar-refractivity contribution in [3.05, 3.63) is 28.7 Å². The summed E-state index contributed by atoms with van der Waals surface area (Å²) < 4.78 is 18.9. The molecular formula is C16H21BN2O4. The maximum Gasteiger partial charge on any atom is 0.498 e. The highest BCUT2D eigenvalue weighted by Crippen LogP contribution is 2.37. The van der Waals surface area contributed by atoms with Gasteiger partial charge in [-0.15, -0.1) is 0 Å². The van der Waals surface area contributed by atoms with Crippen LogP contribution in [0.2, 0.25) is 0 Å². The second kappa shape index (κ2) is 5.07. The molecule has 0 saturated carbocycles. The highest BCUT2D eigenvalue weighted by Gasteiger charge is 2.52. The van der Waals surface area contributed by atoms with E-state index in [4.69, 9.17) is 14.0 Å². The monoisotopic (exact) mass is 316 g/mol. The molecule has 0 spiro atoms. The van der Waals surface area contributed by atoms with Gasteiger partial charge in [-0.05, 0) is 39.8 Å². The lowest BCUT2D eigenvalue weighted by Crippen LogP contribution is -2.41. The van der Waals surface area contributed by atoms with E-state index < -0.39 is 18.3 Å². The van der Waals surface area contributed by atoms with E-state index in [1.165, 1.54) is 4.68 Å². The van der Waals surface area contributed by atoms with Crippen molar-refractivity contribution in [3.63, 3.8) is 0 Å². The Bertz CT molecular complexity index is 813. The van der Waals surface area contributed by atoms with E-state index in [0.29, 0.717) is 11.1 Å². The van der Waals surface area contributed by atoms with Crippen LogP contribution in [0.25, 0.3) is 10.8 Å². The maximum absolute atomic E-state index is 12.2. The van der Waals surface area contributed by atoms with Gasteiger partial charge in [0.2, 0.25) is 0 Å². The number of methoxy groups -OCH3 is 1. The Kier molecular flexibility index (Phi) is 3.53. The van der Waals surface area contributed by atoms with Crippen molar-refractivity contribution in [1.29, 1.82) is 0 Å². The molecule has 23 heavy (non-hydrogen) atoms. The Balaban J connectivity index is 2.15. The molecule has 0 atom stereocenters. The van der Waals surface area contributed by atoms with Crippen molar-refractivity contribution in [2.75, 3.05) is 7.11 Å². The van der Waals surface area contributed by atoms with Crippen LogP contribution in [-0.2, 0) is 16.4 Å². The van der Waals surface area contributed by atoms with E-state index >= 15 is 0 Å². The number of fused-ring (bicyclic) bond motifs is 1. The van der Waals surface area contributed by atoms with Gasteiger partial charge in [0.25, 0.3) is 5.56 Å². The Labute approximate surface area is 135 Å². The Morgan fingerprint density at radius 3 is 2.35 bits per heavy atom. The van der Waals surface area contributed by atoms with Crippen molar-refractivity contribution in [2.45, 2.75) is 38.9 Å². The molecule has 2 heterocycles. The van der Waals surface area contributed by atoms with Crippen LogP contribution in [0.1, 0.15) is 27.7 Å². The molecule has 1 aliphatic rings. The summed E-state index contributed by atoms with van der Waals surface area (Å²) in [5.41, 5.74) is -0.291. The Morgan fingerprint density at radius 2 is 1.78 bits per heavy atom. The summed E-state index contributed by atoms with van der Waals surface area (Å²) in [4.78, 5) is 12.2. The summed E-state index contributed by atoms with van der Waals surface area (Å²) in [5.74, 6) is 0.569. The molecule has 0 aliphatic carbocycles. The van der Waals surface area contributed by atoms with Gasteiger partial charge in [0, 0.05) is 17.9 Å². The average Bonchev–Trinajstić information content (AvgIpc) is 2.70. The normalized spacial score (nSPS) is 19.3. The molecule has 0 radical (unpaired) electrons. The predicted octanol–water partition coefficient (Wildman–Crippen LogP) is 1.24. The first-order valence-corrected chi connectivity index (χ1v) is 7.56. The van der Waals surface area contributed by atoms with Crippen LogP contribution < -0.4 is 15.8 Å². The maximum atomic E-state index is 12.2. The highest BCUT2D eigenvalue weighted by atomic mass is 16.7. The van der Waals surface area contributed by atoms with Crippen LogP contribution in [-0.4, -0.2) is 35.2 Å². The van der Waals surface area contributed by atoms with Crippen molar-refractivity contribution in [1.82, 2.24) is 9.78 Å². The fourth-order valence-corrected chi connectivity index (χ4v) is 2.61. The Hall–Kier alpha value is -1.86. The molecule has 1 aliphatic heterocycles. The molecule has 0 bridgehead atoms. The van der Waals surface area contributed by atoms with Gasteiger partial charge in [-0.2, -0.15) is 5.10 Å². The van der Waals surface area contributed by atoms with Crippen molar-refractivity contribution < 1.29 is 14.0 Å². The number of benzene rings is 1. The number of hydrogen-bond donors (Lipinski definition) is 0. The molecule has 0 amide bonds. The van der Waals surface area contributed by atoms with E-state index in [0.717, 1.165) is 10.8 Å². The zero-order chi connectivity index (χ0) is 17.0. The van der Waals surface area contributed by atoms with Crippen LogP contribution in [0.5, 0.6) is 5.75 Å². The van der Waals surface area contributed by atoms with E-state index in [2.05, 4.69) is 5.10 Å². The zero-order valence-electron chi connectivity index (χ0n) is 14.3. The lowest BCUT2D eigenvalue weighted by atomic mass is 9.77. The number of aryl methyl sites for hydroxylation is 1. The molecule has 0 N–H and O–H groups in total. The lowest BCUT2D eigenvalue weighted by molar-refractivity contribution is 0.00578. The lowest BCUT2D eigenvalue weighted by Gasteiger charge is -2.32. The molecule has 6 nitrogen and oxygen atoms in total. The molecule has 0 unspecified atom stereocenters. The number of ether oxygens (including phenoxy) is 1.